The van der Waals surface area contributed by atoms with Crippen molar-refractivity contribution in [2.45, 2.75) is 13.8 Å². The number of Topliss-reactive ketones (excluding diaryl/α,β-unsaturated/α-hetero) is 2. The van der Waals surface area contributed by atoms with E-state index in [0.717, 1.165) is 5.76 Å². The fourth-order valence-electron chi connectivity index (χ4n) is 3.04. The molecule has 0 bridgehead atoms. The van der Waals surface area contributed by atoms with E-state index in [2.05, 4.69) is 0 Å². The molecule has 0 radical (unpaired) electrons. The van der Waals surface area contributed by atoms with Gasteiger partial charge in [-0.2, -0.15) is 0 Å². The van der Waals surface area contributed by atoms with Gasteiger partial charge in [0.15, 0.2) is 18.1 Å². The average Bonchev–Trinajstić information content (AvgIpc) is 3.26. The van der Waals surface area contributed by atoms with Gasteiger partial charge >= 0.3 is 0 Å². The molecule has 1 aliphatic heterocycles. The molecule has 2 aromatic carbocycles. The summed E-state index contributed by atoms with van der Waals surface area (Å²) in [5.74, 6) is 2.13. The van der Waals surface area contributed by atoms with Crippen molar-refractivity contribution >= 4 is 17.6 Å². The number of hydrogen-bond acceptors (Lipinski definition) is 5. The molecule has 0 saturated carbocycles. The Morgan fingerprint density at radius 3 is 2.54 bits per heavy atom. The molecule has 0 N–H and O–H groups in total. The zero-order chi connectivity index (χ0) is 19.7. The minimum Gasteiger partial charge on any atom is -0.485 e. The van der Waals surface area contributed by atoms with E-state index in [9.17, 15) is 9.59 Å². The normalized spacial score (nSPS) is 14.1. The standard InChI is InChI=1S/C23H18O5/c1-14-8-9-17(27-14)12-21-22(25)18-10-11-20(15(2)23(18)28-21)26-13-19(24)16-6-4-3-5-7-16/h3-12H,13H2,1-2H3/b21-12-. The van der Waals surface area contributed by atoms with E-state index in [1.165, 1.54) is 0 Å². The molecule has 2 heterocycles. The molecule has 0 spiro atoms. The van der Waals surface area contributed by atoms with Gasteiger partial charge in [0.2, 0.25) is 5.78 Å². The Morgan fingerprint density at radius 1 is 1.04 bits per heavy atom. The van der Waals surface area contributed by atoms with Crippen molar-refractivity contribution in [2.24, 2.45) is 0 Å². The molecule has 28 heavy (non-hydrogen) atoms. The van der Waals surface area contributed by atoms with Crippen LogP contribution in [0, 0.1) is 13.8 Å². The summed E-state index contributed by atoms with van der Waals surface area (Å²) in [6, 6.07) is 15.9. The molecule has 140 valence electrons. The van der Waals surface area contributed by atoms with Crippen LogP contribution in [0.4, 0.5) is 0 Å². The highest BCUT2D eigenvalue weighted by Crippen LogP contribution is 2.39. The summed E-state index contributed by atoms with van der Waals surface area (Å²) in [7, 11) is 0. The molecule has 0 aliphatic carbocycles. The highest BCUT2D eigenvalue weighted by atomic mass is 16.5. The lowest BCUT2D eigenvalue weighted by Gasteiger charge is -2.11. The van der Waals surface area contributed by atoms with Crippen molar-refractivity contribution in [3.63, 3.8) is 0 Å². The predicted octanol–water partition coefficient (Wildman–Crippen LogP) is 4.77. The van der Waals surface area contributed by atoms with Gasteiger partial charge in [0.05, 0.1) is 5.56 Å². The van der Waals surface area contributed by atoms with E-state index in [1.54, 1.807) is 43.3 Å². The maximum absolute atomic E-state index is 12.6. The van der Waals surface area contributed by atoms with Crippen LogP contribution in [0.2, 0.25) is 0 Å². The van der Waals surface area contributed by atoms with E-state index in [-0.39, 0.29) is 23.9 Å². The molecule has 0 unspecified atom stereocenters. The van der Waals surface area contributed by atoms with E-state index >= 15 is 0 Å². The summed E-state index contributed by atoms with van der Waals surface area (Å²) < 4.78 is 17.0. The van der Waals surface area contributed by atoms with Crippen LogP contribution >= 0.6 is 0 Å². The zero-order valence-electron chi connectivity index (χ0n) is 15.5. The number of furan rings is 1. The lowest BCUT2D eigenvalue weighted by Crippen LogP contribution is -2.12. The van der Waals surface area contributed by atoms with Crippen LogP contribution in [0.3, 0.4) is 0 Å². The molecular weight excluding hydrogens is 356 g/mol. The maximum atomic E-state index is 12.6. The molecule has 0 fully saturated rings. The second-order valence-electron chi connectivity index (χ2n) is 6.53. The average molecular weight is 374 g/mol. The van der Waals surface area contributed by atoms with Gasteiger partial charge in [-0.15, -0.1) is 0 Å². The Labute approximate surface area is 162 Å². The van der Waals surface area contributed by atoms with Gasteiger partial charge < -0.3 is 13.9 Å². The number of fused-ring (bicyclic) bond motifs is 1. The van der Waals surface area contributed by atoms with Crippen molar-refractivity contribution in [3.05, 3.63) is 88.6 Å². The Balaban J connectivity index is 1.54. The van der Waals surface area contributed by atoms with Crippen LogP contribution in [-0.4, -0.2) is 18.2 Å². The number of aryl methyl sites for hydroxylation is 1. The van der Waals surface area contributed by atoms with Crippen molar-refractivity contribution in [1.82, 2.24) is 0 Å². The summed E-state index contributed by atoms with van der Waals surface area (Å²) >= 11 is 0. The summed E-state index contributed by atoms with van der Waals surface area (Å²) in [5.41, 5.74) is 1.73. The van der Waals surface area contributed by atoms with E-state index in [1.807, 2.05) is 31.2 Å². The number of carbonyl (C=O) groups excluding carboxylic acids is 2. The van der Waals surface area contributed by atoms with Crippen molar-refractivity contribution in [1.29, 1.82) is 0 Å². The molecule has 1 aliphatic rings. The molecule has 0 saturated heterocycles. The number of benzene rings is 2. The number of allylic oxidation sites excluding steroid dienone is 1. The Morgan fingerprint density at radius 2 is 1.82 bits per heavy atom. The molecule has 5 nitrogen and oxygen atoms in total. The summed E-state index contributed by atoms with van der Waals surface area (Å²) in [6.45, 7) is 3.54. The minimum absolute atomic E-state index is 0.0913. The second-order valence-corrected chi connectivity index (χ2v) is 6.53. The van der Waals surface area contributed by atoms with Gasteiger partial charge in [-0.3, -0.25) is 9.59 Å². The Bertz CT molecular complexity index is 1090. The van der Waals surface area contributed by atoms with Crippen LogP contribution in [0.25, 0.3) is 6.08 Å². The highest BCUT2D eigenvalue weighted by Gasteiger charge is 2.30. The number of rotatable bonds is 5. The fourth-order valence-corrected chi connectivity index (χ4v) is 3.04. The van der Waals surface area contributed by atoms with Gasteiger partial charge in [0, 0.05) is 17.2 Å². The second kappa shape index (κ2) is 7.19. The van der Waals surface area contributed by atoms with E-state index < -0.39 is 0 Å². The largest absolute Gasteiger partial charge is 0.485 e. The van der Waals surface area contributed by atoms with Crippen LogP contribution < -0.4 is 9.47 Å². The molecule has 0 atom stereocenters. The third-order valence-corrected chi connectivity index (χ3v) is 4.53. The summed E-state index contributed by atoms with van der Waals surface area (Å²) in [4.78, 5) is 24.8. The van der Waals surface area contributed by atoms with Gasteiger partial charge in [-0.05, 0) is 38.1 Å². The van der Waals surface area contributed by atoms with E-state index in [4.69, 9.17) is 13.9 Å². The maximum Gasteiger partial charge on any atom is 0.232 e. The van der Waals surface area contributed by atoms with Gasteiger partial charge in [0.25, 0.3) is 0 Å². The lowest BCUT2D eigenvalue weighted by atomic mass is 10.1. The van der Waals surface area contributed by atoms with Crippen LogP contribution in [0.5, 0.6) is 11.5 Å². The Hall–Kier alpha value is -3.60. The number of ether oxygens (including phenoxy) is 2. The summed E-state index contributed by atoms with van der Waals surface area (Å²) in [5, 5.41) is 0. The van der Waals surface area contributed by atoms with Crippen LogP contribution in [-0.2, 0) is 0 Å². The molecule has 1 aromatic heterocycles. The lowest BCUT2D eigenvalue weighted by molar-refractivity contribution is 0.0920. The van der Waals surface area contributed by atoms with E-state index in [0.29, 0.717) is 33.9 Å². The smallest absolute Gasteiger partial charge is 0.232 e. The third-order valence-electron chi connectivity index (χ3n) is 4.53. The number of ketones is 2. The van der Waals surface area contributed by atoms with Crippen molar-refractivity contribution in [3.8, 4) is 11.5 Å². The fraction of sp³-hybridized carbons (Fsp3) is 0.130. The molecule has 5 heteroatoms. The highest BCUT2D eigenvalue weighted by molar-refractivity contribution is 6.14. The topological polar surface area (TPSA) is 65.7 Å². The van der Waals surface area contributed by atoms with Gasteiger partial charge in [-0.25, -0.2) is 0 Å². The first-order valence-corrected chi connectivity index (χ1v) is 8.88. The number of carbonyl (C=O) groups is 2. The molecular formula is C23H18O5. The third kappa shape index (κ3) is 3.34. The minimum atomic E-state index is -0.209. The monoisotopic (exact) mass is 374 g/mol. The molecule has 3 aromatic rings. The Kier molecular flexibility index (Phi) is 4.57. The molecule has 0 amide bonds. The predicted molar refractivity (Wildman–Crippen MR) is 104 cm³/mol. The first-order valence-electron chi connectivity index (χ1n) is 8.88. The first-order chi connectivity index (χ1) is 13.5. The SMILES string of the molecule is Cc1ccc(/C=C2\Oc3c(ccc(OCC(=O)c4ccccc4)c3C)C2=O)o1. The zero-order valence-corrected chi connectivity index (χ0v) is 15.5. The molecule has 4 rings (SSSR count). The van der Waals surface area contributed by atoms with Gasteiger partial charge in [0.1, 0.15) is 23.0 Å². The first kappa shape index (κ1) is 17.8. The quantitative estimate of drug-likeness (QED) is 0.475. The van der Waals surface area contributed by atoms with Crippen LogP contribution in [0.15, 0.2) is 64.8 Å². The summed E-state index contributed by atoms with van der Waals surface area (Å²) in [6.07, 6.45) is 1.58. The van der Waals surface area contributed by atoms with Crippen molar-refractivity contribution in [2.75, 3.05) is 6.61 Å². The number of hydrogen-bond donors (Lipinski definition) is 0. The van der Waals surface area contributed by atoms with Crippen LogP contribution in [0.1, 0.15) is 37.8 Å². The van der Waals surface area contributed by atoms with Gasteiger partial charge in [-0.1, -0.05) is 30.3 Å². The van der Waals surface area contributed by atoms with Crippen molar-refractivity contribution < 1.29 is 23.5 Å².